The molecule has 0 spiro atoms. The van der Waals surface area contributed by atoms with Crippen LogP contribution in [0.15, 0.2) is 12.1 Å². The number of carbonyl (C=O) groups is 1. The molecule has 3 nitrogen and oxygen atoms in total. The fourth-order valence-corrected chi connectivity index (χ4v) is 13.6. The van der Waals surface area contributed by atoms with Crippen LogP contribution in [0, 0.1) is 45.3 Å². The van der Waals surface area contributed by atoms with E-state index in [-0.39, 0.29) is 21.8 Å². The number of carbonyl (C=O) groups excluding carboxylic acids is 1. The van der Waals surface area contributed by atoms with Crippen LogP contribution in [-0.4, -0.2) is 23.1 Å². The summed E-state index contributed by atoms with van der Waals surface area (Å²) in [6.07, 6.45) is 16.2. The van der Waals surface area contributed by atoms with Gasteiger partial charge in [0.1, 0.15) is 12.0 Å². The molecular weight excluding hydrogens is 492 g/mol. The third-order valence-electron chi connectivity index (χ3n) is 15.3. The second-order valence-electron chi connectivity index (χ2n) is 17.4. The molecule has 0 radical (unpaired) electrons. The molecule has 1 saturated heterocycles. The van der Waals surface area contributed by atoms with E-state index in [1.54, 1.807) is 6.07 Å². The van der Waals surface area contributed by atoms with Crippen molar-refractivity contribution in [3.05, 3.63) is 28.8 Å². The van der Waals surface area contributed by atoms with E-state index in [1.165, 1.54) is 69.8 Å². The number of hydrogen-bond donors (Lipinski definition) is 1. The average molecular weight is 547 g/mol. The lowest BCUT2D eigenvalue weighted by molar-refractivity contribution is -0.240. The van der Waals surface area contributed by atoms with Crippen LogP contribution in [0.2, 0.25) is 0 Å². The normalized spacial score (nSPS) is 50.7. The molecule has 1 N–H and O–H groups in total. The van der Waals surface area contributed by atoms with Gasteiger partial charge < -0.3 is 9.84 Å². The van der Waals surface area contributed by atoms with E-state index < -0.39 is 0 Å². The molecule has 1 aliphatic heterocycles. The molecule has 0 amide bonds. The summed E-state index contributed by atoms with van der Waals surface area (Å²) in [6, 6.07) is 3.61. The number of fused-ring (bicyclic) bond motifs is 10. The van der Waals surface area contributed by atoms with Gasteiger partial charge in [-0.3, -0.25) is 4.79 Å². The topological polar surface area (TPSA) is 46.5 Å². The van der Waals surface area contributed by atoms with Gasteiger partial charge >= 0.3 is 0 Å². The van der Waals surface area contributed by atoms with Gasteiger partial charge in [-0.25, -0.2) is 0 Å². The minimum atomic E-state index is -0.0266. The van der Waals surface area contributed by atoms with Gasteiger partial charge in [0.15, 0.2) is 0 Å². The van der Waals surface area contributed by atoms with E-state index in [0.29, 0.717) is 46.4 Å². The SMILES string of the molecule is CC1(C)CCC[C@]2(C)O[C@H]3CC[C@@]4(C)[C@@H](CC[C@]5(C)[C@@H]4CC[C@]4(C)c6c(C=O)ccc(O)c6C[C@@H]54)[C@]3(C)CC[C@@H]12. The van der Waals surface area contributed by atoms with Crippen LogP contribution >= 0.6 is 0 Å². The molecule has 0 bridgehead atoms. The first-order chi connectivity index (χ1) is 18.7. The minimum absolute atomic E-state index is 0.0266. The molecule has 7 rings (SSSR count). The number of rotatable bonds is 1. The summed E-state index contributed by atoms with van der Waals surface area (Å²) < 4.78 is 7.41. The van der Waals surface area contributed by atoms with Crippen molar-refractivity contribution in [3.8, 4) is 5.75 Å². The van der Waals surface area contributed by atoms with Crippen molar-refractivity contribution < 1.29 is 14.6 Å². The molecular formula is C37H54O3. The van der Waals surface area contributed by atoms with Gasteiger partial charge in [0.25, 0.3) is 0 Å². The minimum Gasteiger partial charge on any atom is -0.508 e. The van der Waals surface area contributed by atoms with Crippen LogP contribution < -0.4 is 0 Å². The third-order valence-corrected chi connectivity index (χ3v) is 15.3. The van der Waals surface area contributed by atoms with E-state index in [2.05, 4.69) is 48.5 Å². The lowest BCUT2D eigenvalue weighted by atomic mass is 9.36. The molecule has 220 valence electrons. The van der Waals surface area contributed by atoms with Crippen LogP contribution in [0.4, 0.5) is 0 Å². The number of hydrogen-bond acceptors (Lipinski definition) is 3. The van der Waals surface area contributed by atoms with Crippen molar-refractivity contribution in [1.29, 1.82) is 0 Å². The standard InChI is InChI=1S/C37H54O3/c1-32(2)15-8-16-37(7)26(32)11-18-35(5)28-12-17-34(4)27(33(28,3)20-14-30(35)40-37)13-19-36(6)29(34)21-24-25(39)10-9-23(22-38)31(24)36/h9-10,22,26-30,39H,8,11-21H2,1-7H3/t26-,27+,28+,29-,30-,33+,34+,35-,36-,37-/m0/s1. The Balaban J connectivity index is 1.24. The maximum Gasteiger partial charge on any atom is 0.150 e. The Hall–Kier alpha value is -1.35. The molecule has 1 aromatic rings. The van der Waals surface area contributed by atoms with Crippen molar-refractivity contribution >= 4 is 6.29 Å². The zero-order valence-electron chi connectivity index (χ0n) is 26.4. The first-order valence-electron chi connectivity index (χ1n) is 16.7. The van der Waals surface area contributed by atoms with Gasteiger partial charge in [0.05, 0.1) is 11.7 Å². The van der Waals surface area contributed by atoms with Crippen LogP contribution in [0.5, 0.6) is 5.75 Å². The first kappa shape index (κ1) is 27.5. The molecule has 3 heteroatoms. The quantitative estimate of drug-likeness (QED) is 0.357. The average Bonchev–Trinajstić information content (AvgIpc) is 3.14. The Kier molecular flexibility index (Phi) is 5.76. The summed E-state index contributed by atoms with van der Waals surface area (Å²) in [4.78, 5) is 12.2. The lowest BCUT2D eigenvalue weighted by Crippen LogP contribution is -2.64. The van der Waals surface area contributed by atoms with Gasteiger partial charge in [0.2, 0.25) is 0 Å². The third kappa shape index (κ3) is 3.31. The van der Waals surface area contributed by atoms with Crippen molar-refractivity contribution in [1.82, 2.24) is 0 Å². The number of aldehydes is 1. The predicted molar refractivity (Wildman–Crippen MR) is 161 cm³/mol. The highest BCUT2D eigenvalue weighted by atomic mass is 16.5. The highest BCUT2D eigenvalue weighted by Crippen LogP contribution is 2.74. The van der Waals surface area contributed by atoms with Crippen LogP contribution in [0.25, 0.3) is 0 Å². The number of phenols is 1. The Morgan fingerprint density at radius 2 is 1.38 bits per heavy atom. The zero-order valence-corrected chi connectivity index (χ0v) is 26.4. The molecule has 5 aliphatic carbocycles. The van der Waals surface area contributed by atoms with Crippen LogP contribution in [-0.2, 0) is 16.6 Å². The van der Waals surface area contributed by atoms with E-state index in [0.717, 1.165) is 30.3 Å². The number of aromatic hydroxyl groups is 1. The molecule has 40 heavy (non-hydrogen) atoms. The van der Waals surface area contributed by atoms with E-state index in [9.17, 15) is 9.90 Å². The Morgan fingerprint density at radius 3 is 2.12 bits per heavy atom. The summed E-state index contributed by atoms with van der Waals surface area (Å²) in [5, 5.41) is 10.9. The van der Waals surface area contributed by atoms with Crippen LogP contribution in [0.1, 0.15) is 141 Å². The van der Waals surface area contributed by atoms with Crippen LogP contribution in [0.3, 0.4) is 0 Å². The highest BCUT2D eigenvalue weighted by Gasteiger charge is 2.69. The van der Waals surface area contributed by atoms with Crippen molar-refractivity contribution in [2.24, 2.45) is 45.3 Å². The number of benzene rings is 1. The molecule has 0 unspecified atom stereocenters. The zero-order chi connectivity index (χ0) is 28.5. The van der Waals surface area contributed by atoms with Crippen molar-refractivity contribution in [3.63, 3.8) is 0 Å². The maximum atomic E-state index is 12.2. The van der Waals surface area contributed by atoms with Gasteiger partial charge in [-0.15, -0.1) is 0 Å². The van der Waals surface area contributed by atoms with Gasteiger partial charge in [-0.05, 0) is 152 Å². The van der Waals surface area contributed by atoms with Gasteiger partial charge in [-0.2, -0.15) is 0 Å². The van der Waals surface area contributed by atoms with E-state index in [1.807, 2.05) is 6.07 Å². The summed E-state index contributed by atoms with van der Waals surface area (Å²) in [7, 11) is 0. The predicted octanol–water partition coefficient (Wildman–Crippen LogP) is 9.03. The van der Waals surface area contributed by atoms with Crippen molar-refractivity contribution in [2.45, 2.75) is 143 Å². The van der Waals surface area contributed by atoms with E-state index in [4.69, 9.17) is 4.74 Å². The van der Waals surface area contributed by atoms with Gasteiger partial charge in [0, 0.05) is 5.56 Å². The Bertz CT molecular complexity index is 1230. The second-order valence-corrected chi connectivity index (χ2v) is 17.4. The molecule has 6 aliphatic rings. The summed E-state index contributed by atoms with van der Waals surface area (Å²) in [5.41, 5.74) is 4.20. The molecule has 1 heterocycles. The first-order valence-corrected chi connectivity index (χ1v) is 16.7. The lowest BCUT2D eigenvalue weighted by Gasteiger charge is -2.69. The summed E-state index contributed by atoms with van der Waals surface area (Å²) in [5.74, 6) is 2.93. The number of phenolic OH excluding ortho intramolecular Hbond substituents is 1. The largest absolute Gasteiger partial charge is 0.508 e. The fourth-order valence-electron chi connectivity index (χ4n) is 13.6. The molecule has 5 fully saturated rings. The maximum absolute atomic E-state index is 12.2. The Morgan fingerprint density at radius 1 is 0.750 bits per heavy atom. The monoisotopic (exact) mass is 546 g/mol. The fraction of sp³-hybridized carbons (Fsp3) is 0.811. The number of ether oxygens (including phenoxy) is 1. The summed E-state index contributed by atoms with van der Waals surface area (Å²) in [6.45, 7) is 17.9. The molecule has 10 atom stereocenters. The molecule has 4 saturated carbocycles. The second kappa shape index (κ2) is 8.39. The molecule has 1 aromatic carbocycles. The Labute approximate surface area is 243 Å². The van der Waals surface area contributed by atoms with Crippen molar-refractivity contribution in [2.75, 3.05) is 0 Å². The molecule has 0 aromatic heterocycles. The highest BCUT2D eigenvalue weighted by molar-refractivity contribution is 5.80. The summed E-state index contributed by atoms with van der Waals surface area (Å²) >= 11 is 0. The van der Waals surface area contributed by atoms with E-state index >= 15 is 0 Å². The smallest absolute Gasteiger partial charge is 0.150 e. The van der Waals surface area contributed by atoms with Gasteiger partial charge in [-0.1, -0.05) is 48.0 Å².